The van der Waals surface area contributed by atoms with Crippen LogP contribution >= 0.6 is 23.4 Å². The highest BCUT2D eigenvalue weighted by atomic mass is 35.5. The van der Waals surface area contributed by atoms with Crippen molar-refractivity contribution in [3.05, 3.63) is 88.0 Å². The highest BCUT2D eigenvalue weighted by Gasteiger charge is 2.22. The Morgan fingerprint density at radius 3 is 2.29 bits per heavy atom. The number of thioether (sulfide) groups is 1. The van der Waals surface area contributed by atoms with Crippen LogP contribution in [0.5, 0.6) is 0 Å². The Kier molecular flexibility index (Phi) is 7.29. The number of anilines is 1. The Balaban J connectivity index is 1.64. The van der Waals surface area contributed by atoms with E-state index in [1.165, 1.54) is 17.3 Å². The quantitative estimate of drug-likeness (QED) is 0.251. The second-order valence-electron chi connectivity index (χ2n) is 8.23. The van der Waals surface area contributed by atoms with Gasteiger partial charge in [-0.3, -0.25) is 4.79 Å². The molecule has 1 amide bonds. The molecule has 9 heteroatoms. The van der Waals surface area contributed by atoms with Crippen molar-refractivity contribution in [2.45, 2.75) is 44.5 Å². The molecule has 0 unspecified atom stereocenters. The summed E-state index contributed by atoms with van der Waals surface area (Å²) in [5, 5.41) is 12.7. The lowest BCUT2D eigenvalue weighted by molar-refractivity contribution is 0.102. The first-order chi connectivity index (χ1) is 16.3. The Labute approximate surface area is 208 Å². The zero-order chi connectivity index (χ0) is 24.2. The van der Waals surface area contributed by atoms with E-state index in [2.05, 4.69) is 39.4 Å². The molecule has 0 fully saturated rings. The summed E-state index contributed by atoms with van der Waals surface area (Å²) in [5.41, 5.74) is 5.34. The van der Waals surface area contributed by atoms with Crippen LogP contribution in [0.1, 0.15) is 52.9 Å². The lowest BCUT2D eigenvalue weighted by Crippen LogP contribution is -2.15. The van der Waals surface area contributed by atoms with Gasteiger partial charge in [0.15, 0.2) is 10.9 Å². The standard InChI is InChI=1S/C25H25ClN6OS/c1-15(2)18-5-9-20(10-6-18)29-24(33)23-22(14-34-25-27-16(3)13-17(4)28-25)32(31-30-23)21-11-7-19(26)8-12-21/h5-13,15H,14H2,1-4H3,(H,29,33). The summed E-state index contributed by atoms with van der Waals surface area (Å²) in [6.45, 7) is 8.13. The van der Waals surface area contributed by atoms with Crippen LogP contribution in [0, 0.1) is 13.8 Å². The molecule has 0 spiro atoms. The fourth-order valence-electron chi connectivity index (χ4n) is 3.43. The van der Waals surface area contributed by atoms with Crippen molar-refractivity contribution in [1.29, 1.82) is 0 Å². The van der Waals surface area contributed by atoms with Crippen LogP contribution < -0.4 is 5.32 Å². The summed E-state index contributed by atoms with van der Waals surface area (Å²) < 4.78 is 1.66. The van der Waals surface area contributed by atoms with E-state index in [0.717, 1.165) is 17.1 Å². The minimum absolute atomic E-state index is 0.250. The molecule has 0 saturated carbocycles. The van der Waals surface area contributed by atoms with Gasteiger partial charge in [0.2, 0.25) is 0 Å². The Morgan fingerprint density at radius 1 is 1.03 bits per heavy atom. The molecule has 34 heavy (non-hydrogen) atoms. The van der Waals surface area contributed by atoms with Crippen molar-refractivity contribution in [1.82, 2.24) is 25.0 Å². The van der Waals surface area contributed by atoms with Crippen LogP contribution in [0.15, 0.2) is 59.8 Å². The number of carbonyl (C=O) groups excluding carboxylic acids is 1. The Morgan fingerprint density at radius 2 is 1.68 bits per heavy atom. The second kappa shape index (κ2) is 10.4. The van der Waals surface area contributed by atoms with E-state index in [4.69, 9.17) is 11.6 Å². The van der Waals surface area contributed by atoms with Crippen molar-refractivity contribution < 1.29 is 4.79 Å². The number of nitrogens with zero attached hydrogens (tertiary/aromatic N) is 5. The van der Waals surface area contributed by atoms with E-state index < -0.39 is 0 Å². The number of hydrogen-bond donors (Lipinski definition) is 1. The van der Waals surface area contributed by atoms with Gasteiger partial charge in [-0.15, -0.1) is 5.10 Å². The molecule has 1 N–H and O–H groups in total. The number of carbonyl (C=O) groups is 1. The van der Waals surface area contributed by atoms with Gasteiger partial charge in [-0.1, -0.05) is 54.6 Å². The first-order valence-corrected chi connectivity index (χ1v) is 12.2. The maximum Gasteiger partial charge on any atom is 0.278 e. The van der Waals surface area contributed by atoms with E-state index in [-0.39, 0.29) is 11.6 Å². The van der Waals surface area contributed by atoms with Crippen molar-refractivity contribution >= 4 is 35.0 Å². The molecular weight excluding hydrogens is 468 g/mol. The molecule has 0 saturated heterocycles. The number of hydrogen-bond acceptors (Lipinski definition) is 6. The monoisotopic (exact) mass is 492 g/mol. The molecule has 7 nitrogen and oxygen atoms in total. The van der Waals surface area contributed by atoms with Crippen molar-refractivity contribution in [2.75, 3.05) is 5.32 Å². The molecule has 0 aliphatic carbocycles. The van der Waals surface area contributed by atoms with Crippen molar-refractivity contribution in [3.63, 3.8) is 0 Å². The van der Waals surface area contributed by atoms with Crippen LogP contribution in [0.3, 0.4) is 0 Å². The van der Waals surface area contributed by atoms with Crippen molar-refractivity contribution in [2.24, 2.45) is 0 Å². The average Bonchev–Trinajstić information content (AvgIpc) is 3.22. The largest absolute Gasteiger partial charge is 0.321 e. The highest BCUT2D eigenvalue weighted by molar-refractivity contribution is 7.98. The van der Waals surface area contributed by atoms with Crippen LogP contribution in [0.25, 0.3) is 5.69 Å². The molecule has 0 aliphatic rings. The number of rotatable bonds is 7. The predicted octanol–water partition coefficient (Wildman–Crippen LogP) is 6.00. The normalized spacial score (nSPS) is 11.1. The molecular formula is C25H25ClN6OS. The third kappa shape index (κ3) is 5.63. The minimum atomic E-state index is -0.325. The lowest BCUT2D eigenvalue weighted by Gasteiger charge is -2.10. The van der Waals surface area contributed by atoms with Gasteiger partial charge in [0.1, 0.15) is 0 Å². The maximum absolute atomic E-state index is 13.2. The maximum atomic E-state index is 13.2. The van der Waals surface area contributed by atoms with Gasteiger partial charge in [-0.25, -0.2) is 14.6 Å². The highest BCUT2D eigenvalue weighted by Crippen LogP contribution is 2.25. The lowest BCUT2D eigenvalue weighted by atomic mass is 10.0. The summed E-state index contributed by atoms with van der Waals surface area (Å²) in [5.74, 6) is 0.502. The van der Waals surface area contributed by atoms with E-state index in [1.54, 1.807) is 16.8 Å². The molecule has 0 radical (unpaired) electrons. The molecule has 4 aromatic rings. The van der Waals surface area contributed by atoms with Crippen LogP contribution in [-0.4, -0.2) is 30.9 Å². The smallest absolute Gasteiger partial charge is 0.278 e. The van der Waals surface area contributed by atoms with Gasteiger partial charge in [0.25, 0.3) is 5.91 Å². The first-order valence-electron chi connectivity index (χ1n) is 10.9. The number of amides is 1. The van der Waals surface area contributed by atoms with Gasteiger partial charge < -0.3 is 5.32 Å². The summed E-state index contributed by atoms with van der Waals surface area (Å²) in [4.78, 5) is 22.2. The molecule has 2 aromatic carbocycles. The van der Waals surface area contributed by atoms with Gasteiger partial charge >= 0.3 is 0 Å². The molecule has 0 bridgehead atoms. The molecule has 174 valence electrons. The van der Waals surface area contributed by atoms with Crippen LogP contribution in [0.4, 0.5) is 5.69 Å². The van der Waals surface area contributed by atoms with E-state index in [1.807, 2.05) is 56.3 Å². The zero-order valence-corrected chi connectivity index (χ0v) is 21.0. The van der Waals surface area contributed by atoms with E-state index >= 15 is 0 Å². The van der Waals surface area contributed by atoms with Crippen molar-refractivity contribution in [3.8, 4) is 5.69 Å². The summed E-state index contributed by atoms with van der Waals surface area (Å²) in [7, 11) is 0. The van der Waals surface area contributed by atoms with Gasteiger partial charge in [-0.05, 0) is 67.8 Å². The zero-order valence-electron chi connectivity index (χ0n) is 19.4. The number of aryl methyl sites for hydroxylation is 2. The Bertz CT molecular complexity index is 1280. The number of halogens is 1. The number of aromatic nitrogens is 5. The number of nitrogens with one attached hydrogen (secondary N) is 1. The third-order valence-corrected chi connectivity index (χ3v) is 6.29. The molecule has 4 rings (SSSR count). The average molecular weight is 493 g/mol. The van der Waals surface area contributed by atoms with E-state index in [9.17, 15) is 4.79 Å². The first kappa shape index (κ1) is 23.9. The fourth-order valence-corrected chi connectivity index (χ4v) is 4.50. The Hall–Kier alpha value is -3.23. The minimum Gasteiger partial charge on any atom is -0.321 e. The molecule has 2 heterocycles. The topological polar surface area (TPSA) is 85.6 Å². The third-order valence-electron chi connectivity index (χ3n) is 5.18. The second-order valence-corrected chi connectivity index (χ2v) is 9.60. The van der Waals surface area contributed by atoms with Crippen LogP contribution in [-0.2, 0) is 5.75 Å². The summed E-state index contributed by atoms with van der Waals surface area (Å²) in [6.07, 6.45) is 0. The van der Waals surface area contributed by atoms with E-state index in [0.29, 0.717) is 33.2 Å². The van der Waals surface area contributed by atoms with Gasteiger partial charge in [0.05, 0.1) is 11.4 Å². The molecule has 0 aliphatic heterocycles. The SMILES string of the molecule is Cc1cc(C)nc(SCc2c(C(=O)Nc3ccc(C(C)C)cc3)nnn2-c2ccc(Cl)cc2)n1. The summed E-state index contributed by atoms with van der Waals surface area (Å²) in [6, 6.07) is 17.0. The van der Waals surface area contributed by atoms with Crippen LogP contribution in [0.2, 0.25) is 5.02 Å². The summed E-state index contributed by atoms with van der Waals surface area (Å²) >= 11 is 7.49. The molecule has 0 atom stereocenters. The number of benzene rings is 2. The van der Waals surface area contributed by atoms with Gasteiger partial charge in [0, 0.05) is 27.9 Å². The fraction of sp³-hybridized carbons (Fsp3) is 0.240. The molecule has 2 aromatic heterocycles. The van der Waals surface area contributed by atoms with Gasteiger partial charge in [-0.2, -0.15) is 0 Å². The predicted molar refractivity (Wildman–Crippen MR) is 136 cm³/mol.